The van der Waals surface area contributed by atoms with Gasteiger partial charge in [0.05, 0.1) is 11.1 Å². The molecule has 5 heteroatoms. The van der Waals surface area contributed by atoms with Gasteiger partial charge in [0.25, 0.3) is 11.8 Å². The van der Waals surface area contributed by atoms with E-state index in [1.807, 2.05) is 36.2 Å². The van der Waals surface area contributed by atoms with Gasteiger partial charge in [0.1, 0.15) is 6.67 Å². The van der Waals surface area contributed by atoms with Crippen LogP contribution in [0.3, 0.4) is 0 Å². The van der Waals surface area contributed by atoms with Crippen LogP contribution in [0, 0.1) is 0 Å². The molecule has 23 heavy (non-hydrogen) atoms. The fraction of sp³-hybridized carbons (Fsp3) is 0.222. The Bertz CT molecular complexity index is 705. The van der Waals surface area contributed by atoms with Crippen LogP contribution in [0.25, 0.3) is 0 Å². The molecule has 0 atom stereocenters. The summed E-state index contributed by atoms with van der Waals surface area (Å²) in [4.78, 5) is 27.8. The zero-order chi connectivity index (χ0) is 16.4. The molecule has 1 heterocycles. The Hall–Kier alpha value is -2.66. The van der Waals surface area contributed by atoms with E-state index in [0.29, 0.717) is 17.5 Å². The van der Waals surface area contributed by atoms with Crippen molar-refractivity contribution in [1.29, 1.82) is 0 Å². The molecule has 0 radical (unpaired) electrons. The number of hydrogen-bond donors (Lipinski definition) is 1. The number of imide groups is 1. The number of aliphatic hydroxyl groups is 1. The van der Waals surface area contributed by atoms with E-state index in [9.17, 15) is 9.59 Å². The molecule has 0 spiro atoms. The van der Waals surface area contributed by atoms with Crippen molar-refractivity contribution in [3.8, 4) is 0 Å². The highest BCUT2D eigenvalue weighted by Crippen LogP contribution is 2.23. The molecule has 0 fully saturated rings. The zero-order valence-corrected chi connectivity index (χ0v) is 12.9. The van der Waals surface area contributed by atoms with E-state index in [0.717, 1.165) is 11.3 Å². The van der Waals surface area contributed by atoms with Crippen molar-refractivity contribution in [3.63, 3.8) is 0 Å². The fourth-order valence-electron chi connectivity index (χ4n) is 2.71. The second-order valence-corrected chi connectivity index (χ2v) is 5.56. The number of rotatable bonds is 5. The van der Waals surface area contributed by atoms with Gasteiger partial charge in [-0.3, -0.25) is 14.5 Å². The number of anilines is 1. The summed E-state index contributed by atoms with van der Waals surface area (Å²) in [6.45, 7) is 0.315. The number of amides is 2. The summed E-state index contributed by atoms with van der Waals surface area (Å²) in [5.41, 5.74) is 2.88. The van der Waals surface area contributed by atoms with Crippen molar-refractivity contribution in [3.05, 3.63) is 65.2 Å². The van der Waals surface area contributed by atoms with Crippen LogP contribution in [0.2, 0.25) is 0 Å². The van der Waals surface area contributed by atoms with Crippen molar-refractivity contribution < 1.29 is 14.7 Å². The molecule has 3 rings (SSSR count). The van der Waals surface area contributed by atoms with Gasteiger partial charge >= 0.3 is 0 Å². The average Bonchev–Trinajstić information content (AvgIpc) is 2.81. The molecular formula is C18H18N2O3. The average molecular weight is 310 g/mol. The number of carbonyl (C=O) groups is 2. The van der Waals surface area contributed by atoms with Crippen LogP contribution in [-0.2, 0) is 6.42 Å². The Morgan fingerprint density at radius 1 is 0.957 bits per heavy atom. The lowest BCUT2D eigenvalue weighted by molar-refractivity contribution is 0.0656. The summed E-state index contributed by atoms with van der Waals surface area (Å²) in [5, 5.41) is 8.94. The third kappa shape index (κ3) is 2.83. The zero-order valence-electron chi connectivity index (χ0n) is 12.9. The summed E-state index contributed by atoms with van der Waals surface area (Å²) in [6.07, 6.45) is 0.613. The largest absolute Gasteiger partial charge is 0.396 e. The van der Waals surface area contributed by atoms with Gasteiger partial charge in [-0.2, -0.15) is 0 Å². The molecule has 2 aromatic rings. The van der Waals surface area contributed by atoms with Crippen molar-refractivity contribution in [2.45, 2.75) is 6.42 Å². The quantitative estimate of drug-likeness (QED) is 0.857. The molecule has 0 saturated heterocycles. The molecule has 1 N–H and O–H groups in total. The van der Waals surface area contributed by atoms with Crippen molar-refractivity contribution >= 4 is 17.5 Å². The van der Waals surface area contributed by atoms with Crippen LogP contribution < -0.4 is 4.90 Å². The molecular weight excluding hydrogens is 292 g/mol. The number of carbonyl (C=O) groups excluding carboxylic acids is 2. The van der Waals surface area contributed by atoms with Crippen LogP contribution in [0.4, 0.5) is 5.69 Å². The molecule has 118 valence electrons. The monoisotopic (exact) mass is 310 g/mol. The van der Waals surface area contributed by atoms with Gasteiger partial charge in [0, 0.05) is 19.3 Å². The third-order valence-corrected chi connectivity index (χ3v) is 4.01. The minimum atomic E-state index is -0.255. The predicted octanol–water partition coefficient (Wildman–Crippen LogP) is 1.91. The van der Waals surface area contributed by atoms with Crippen molar-refractivity contribution in [2.24, 2.45) is 0 Å². The van der Waals surface area contributed by atoms with E-state index in [2.05, 4.69) is 0 Å². The van der Waals surface area contributed by atoms with Crippen LogP contribution in [-0.4, -0.2) is 42.1 Å². The molecule has 2 amide bonds. The van der Waals surface area contributed by atoms with Gasteiger partial charge in [0.15, 0.2) is 0 Å². The van der Waals surface area contributed by atoms with Crippen molar-refractivity contribution in [1.82, 2.24) is 4.90 Å². The summed E-state index contributed by atoms with van der Waals surface area (Å²) >= 11 is 0. The van der Waals surface area contributed by atoms with E-state index in [4.69, 9.17) is 5.11 Å². The lowest BCUT2D eigenvalue weighted by Gasteiger charge is -2.24. The van der Waals surface area contributed by atoms with E-state index in [-0.39, 0.29) is 25.1 Å². The van der Waals surface area contributed by atoms with Gasteiger partial charge in [-0.15, -0.1) is 0 Å². The summed E-state index contributed by atoms with van der Waals surface area (Å²) in [5.74, 6) is -0.510. The first-order valence-corrected chi connectivity index (χ1v) is 7.48. The molecule has 0 saturated carbocycles. The van der Waals surface area contributed by atoms with Crippen molar-refractivity contribution in [2.75, 3.05) is 25.2 Å². The first kappa shape index (κ1) is 15.2. The van der Waals surface area contributed by atoms with Gasteiger partial charge in [-0.25, -0.2) is 0 Å². The minimum absolute atomic E-state index is 0.115. The summed E-state index contributed by atoms with van der Waals surface area (Å²) in [6, 6.07) is 14.6. The van der Waals surface area contributed by atoms with E-state index in [1.54, 1.807) is 24.3 Å². The maximum absolute atomic E-state index is 12.4. The number of aliphatic hydroxyl groups excluding tert-OH is 1. The highest BCUT2D eigenvalue weighted by Gasteiger charge is 2.35. The molecule has 5 nitrogen and oxygen atoms in total. The smallest absolute Gasteiger partial charge is 0.263 e. The Labute approximate surface area is 134 Å². The Morgan fingerprint density at radius 2 is 1.52 bits per heavy atom. The number of hydrogen-bond acceptors (Lipinski definition) is 4. The first-order chi connectivity index (χ1) is 11.1. The summed E-state index contributed by atoms with van der Waals surface area (Å²) in [7, 11) is 1.84. The second kappa shape index (κ2) is 6.22. The molecule has 1 aliphatic heterocycles. The topological polar surface area (TPSA) is 60.9 Å². The van der Waals surface area contributed by atoms with Gasteiger partial charge in [0.2, 0.25) is 0 Å². The second-order valence-electron chi connectivity index (χ2n) is 5.56. The minimum Gasteiger partial charge on any atom is -0.396 e. The van der Waals surface area contributed by atoms with E-state index < -0.39 is 0 Å². The maximum Gasteiger partial charge on any atom is 0.263 e. The number of benzene rings is 2. The third-order valence-electron chi connectivity index (χ3n) is 4.01. The normalized spacial score (nSPS) is 13.4. The predicted molar refractivity (Wildman–Crippen MR) is 87.4 cm³/mol. The molecule has 2 aromatic carbocycles. The first-order valence-electron chi connectivity index (χ1n) is 7.48. The Kier molecular flexibility index (Phi) is 4.12. The maximum atomic E-state index is 12.4. The highest BCUT2D eigenvalue weighted by atomic mass is 16.3. The van der Waals surface area contributed by atoms with Gasteiger partial charge in [-0.1, -0.05) is 24.3 Å². The van der Waals surface area contributed by atoms with Crippen LogP contribution in [0.15, 0.2) is 48.5 Å². The Balaban J connectivity index is 1.75. The fourth-order valence-corrected chi connectivity index (χ4v) is 2.71. The lowest BCUT2D eigenvalue weighted by atomic mass is 10.1. The van der Waals surface area contributed by atoms with Crippen LogP contribution in [0.1, 0.15) is 26.3 Å². The molecule has 0 unspecified atom stereocenters. The SMILES string of the molecule is CN(CN1C(=O)c2ccccc2C1=O)c1ccc(CCO)cc1. The van der Waals surface area contributed by atoms with Crippen LogP contribution in [0.5, 0.6) is 0 Å². The lowest BCUT2D eigenvalue weighted by Crippen LogP contribution is -2.39. The summed E-state index contributed by atoms with van der Waals surface area (Å²) < 4.78 is 0. The molecule has 0 bridgehead atoms. The van der Waals surface area contributed by atoms with E-state index >= 15 is 0 Å². The molecule has 1 aliphatic rings. The molecule has 0 aliphatic carbocycles. The van der Waals surface area contributed by atoms with Crippen LogP contribution >= 0.6 is 0 Å². The van der Waals surface area contributed by atoms with Gasteiger partial charge in [-0.05, 0) is 36.2 Å². The highest BCUT2D eigenvalue weighted by molar-refractivity contribution is 6.21. The van der Waals surface area contributed by atoms with E-state index in [1.165, 1.54) is 4.90 Å². The number of fused-ring (bicyclic) bond motifs is 1. The van der Waals surface area contributed by atoms with Gasteiger partial charge < -0.3 is 10.0 Å². The standard InChI is InChI=1S/C18H18N2O3/c1-19(14-8-6-13(7-9-14)10-11-21)12-20-17(22)15-4-2-3-5-16(15)18(20)23/h2-9,21H,10-12H2,1H3. The molecule has 0 aromatic heterocycles. The Morgan fingerprint density at radius 3 is 2.04 bits per heavy atom. The number of nitrogens with zero attached hydrogens (tertiary/aromatic N) is 2.